The third-order valence-electron chi connectivity index (χ3n) is 4.10. The van der Waals surface area contributed by atoms with Gasteiger partial charge in [0.05, 0.1) is 14.9 Å². The summed E-state index contributed by atoms with van der Waals surface area (Å²) in [7, 11) is 1.87. The van der Waals surface area contributed by atoms with Crippen LogP contribution in [0.5, 0.6) is 0 Å². The smallest absolute Gasteiger partial charge is 0.243 e. The van der Waals surface area contributed by atoms with Gasteiger partial charge in [-0.25, -0.2) is 13.4 Å². The molecule has 2 N–H and O–H groups in total. The van der Waals surface area contributed by atoms with E-state index in [0.717, 1.165) is 3.79 Å². The van der Waals surface area contributed by atoms with Crippen LogP contribution in [0.1, 0.15) is 17.8 Å². The minimum atomic E-state index is -0.508. The molecule has 0 spiro atoms. The molecule has 134 valence electrons. The molecule has 0 bridgehead atoms. The zero-order valence-corrected chi connectivity index (χ0v) is 17.4. The number of nitrogens with one attached hydrogen (secondary N) is 2. The molecular weight excluding hydrogens is 449 g/mol. The highest BCUT2D eigenvalue weighted by Gasteiger charge is 2.40. The molecule has 1 aromatic heterocycles. The van der Waals surface area contributed by atoms with Gasteiger partial charge >= 0.3 is 0 Å². The molecule has 1 fully saturated rings. The number of hydrogen-bond donors (Lipinski definition) is 2. The van der Waals surface area contributed by atoms with Crippen molar-refractivity contribution in [1.82, 2.24) is 9.03 Å². The van der Waals surface area contributed by atoms with Crippen LogP contribution >= 0.6 is 51.0 Å². The Kier molecular flexibility index (Phi) is 6.07. The highest BCUT2D eigenvalue weighted by molar-refractivity contribution is 9.11. The first kappa shape index (κ1) is 19.1. The minimum absolute atomic E-state index is 0.0137. The molecule has 1 aliphatic heterocycles. The average molecular weight is 465 g/mol. The number of halogens is 3. The van der Waals surface area contributed by atoms with Crippen LogP contribution < -0.4 is 10.0 Å². The number of rotatable bonds is 3. The van der Waals surface area contributed by atoms with E-state index in [-0.39, 0.29) is 28.9 Å². The molecule has 3 unspecified atom stereocenters. The van der Waals surface area contributed by atoms with Crippen LogP contribution in [-0.2, 0) is 4.79 Å². The molecule has 0 saturated carbocycles. The molecule has 3 atom stereocenters. The van der Waals surface area contributed by atoms with Crippen molar-refractivity contribution in [3.05, 3.63) is 49.8 Å². The lowest BCUT2D eigenvalue weighted by Crippen LogP contribution is -2.51. The predicted octanol–water partition coefficient (Wildman–Crippen LogP) is 5.09. The van der Waals surface area contributed by atoms with E-state index in [1.807, 2.05) is 24.3 Å². The van der Waals surface area contributed by atoms with E-state index in [0.29, 0.717) is 5.69 Å². The Labute approximate surface area is 167 Å². The Morgan fingerprint density at radius 3 is 2.80 bits per heavy atom. The molecule has 1 saturated heterocycles. The second-order valence-corrected chi connectivity index (χ2v) is 9.69. The molecule has 2 aromatic rings. The molecule has 3 rings (SSSR count). The van der Waals surface area contributed by atoms with E-state index >= 15 is 0 Å². The van der Waals surface area contributed by atoms with Crippen LogP contribution in [0.3, 0.4) is 0 Å². The SMILES string of the molecule is CC1C(c2ccc(Br)s2)NSN(C)C1C(=O)Nc1ccc(F)c(Cl)c1. The zero-order valence-electron chi connectivity index (χ0n) is 13.4. The number of carbonyl (C=O) groups is 1. The fourth-order valence-corrected chi connectivity index (χ4v) is 5.69. The number of hydrogen-bond acceptors (Lipinski definition) is 5. The quantitative estimate of drug-likeness (QED) is 0.621. The fourth-order valence-electron chi connectivity index (χ4n) is 2.82. The van der Waals surface area contributed by atoms with Gasteiger partial charge in [0, 0.05) is 28.6 Å². The third kappa shape index (κ3) is 4.20. The maximum atomic E-state index is 13.3. The van der Waals surface area contributed by atoms with E-state index in [9.17, 15) is 9.18 Å². The van der Waals surface area contributed by atoms with Gasteiger partial charge in [-0.1, -0.05) is 18.5 Å². The number of nitrogens with zero attached hydrogens (tertiary/aromatic N) is 1. The number of amides is 1. The van der Waals surface area contributed by atoms with Crippen molar-refractivity contribution in [2.75, 3.05) is 12.4 Å². The lowest BCUT2D eigenvalue weighted by molar-refractivity contribution is -0.121. The van der Waals surface area contributed by atoms with Gasteiger partial charge in [0.1, 0.15) is 11.9 Å². The van der Waals surface area contributed by atoms with Crippen molar-refractivity contribution in [2.45, 2.75) is 19.0 Å². The summed E-state index contributed by atoms with van der Waals surface area (Å²) < 4.78 is 19.6. The van der Waals surface area contributed by atoms with Gasteiger partial charge in [0.15, 0.2) is 0 Å². The summed E-state index contributed by atoms with van der Waals surface area (Å²) in [5, 5.41) is 2.83. The van der Waals surface area contributed by atoms with Gasteiger partial charge in [-0.3, -0.25) is 4.79 Å². The standard InChI is InChI=1S/C16H16BrClFN3OS2/c1-8-14(12-5-6-13(17)24-12)21-25-22(2)15(8)16(23)20-9-3-4-11(19)10(18)7-9/h3-8,14-15,21H,1-2H3,(H,20,23). The molecule has 2 heterocycles. The molecule has 1 amide bonds. The first-order valence-corrected chi connectivity index (χ1v) is 10.3. The largest absolute Gasteiger partial charge is 0.325 e. The van der Waals surface area contributed by atoms with E-state index < -0.39 is 5.82 Å². The summed E-state index contributed by atoms with van der Waals surface area (Å²) in [6, 6.07) is 7.95. The van der Waals surface area contributed by atoms with Crippen molar-refractivity contribution in [1.29, 1.82) is 0 Å². The average Bonchev–Trinajstić information content (AvgIpc) is 2.97. The highest BCUT2D eigenvalue weighted by Crippen LogP contribution is 2.39. The molecular formula is C16H16BrClFN3OS2. The molecule has 0 aliphatic carbocycles. The van der Waals surface area contributed by atoms with Gasteiger partial charge in [0.2, 0.25) is 5.91 Å². The zero-order chi connectivity index (χ0) is 18.1. The maximum absolute atomic E-state index is 13.3. The normalized spacial score (nSPS) is 24.3. The Hall–Kier alpha value is -0.640. The lowest BCUT2D eigenvalue weighted by atomic mass is 9.92. The van der Waals surface area contributed by atoms with Crippen LogP contribution in [0.15, 0.2) is 34.1 Å². The Balaban J connectivity index is 1.78. The number of thiophene rings is 1. The van der Waals surface area contributed by atoms with E-state index in [1.165, 1.54) is 35.2 Å². The first-order chi connectivity index (χ1) is 11.9. The first-order valence-electron chi connectivity index (χ1n) is 7.53. The second kappa shape index (κ2) is 7.94. The van der Waals surface area contributed by atoms with Crippen LogP contribution in [-0.4, -0.2) is 23.3 Å². The molecule has 25 heavy (non-hydrogen) atoms. The van der Waals surface area contributed by atoms with Crippen molar-refractivity contribution >= 4 is 62.6 Å². The van der Waals surface area contributed by atoms with Crippen LogP contribution in [0.4, 0.5) is 10.1 Å². The fraction of sp³-hybridized carbons (Fsp3) is 0.312. The van der Waals surface area contributed by atoms with Crippen LogP contribution in [0.2, 0.25) is 5.02 Å². The molecule has 1 aliphatic rings. The number of benzene rings is 1. The number of carbonyl (C=O) groups excluding carboxylic acids is 1. The maximum Gasteiger partial charge on any atom is 0.243 e. The van der Waals surface area contributed by atoms with Crippen LogP contribution in [0.25, 0.3) is 0 Å². The minimum Gasteiger partial charge on any atom is -0.325 e. The second-order valence-electron chi connectivity index (χ2n) is 5.80. The Bertz CT molecular complexity index is 790. The number of anilines is 1. The summed E-state index contributed by atoms with van der Waals surface area (Å²) >= 11 is 12.3. The monoisotopic (exact) mass is 463 g/mol. The predicted molar refractivity (Wildman–Crippen MR) is 106 cm³/mol. The third-order valence-corrected chi connectivity index (χ3v) is 6.97. The Morgan fingerprint density at radius 2 is 2.16 bits per heavy atom. The van der Waals surface area contributed by atoms with Crippen molar-refractivity contribution in [2.24, 2.45) is 5.92 Å². The molecule has 1 aromatic carbocycles. The van der Waals surface area contributed by atoms with Crippen LogP contribution in [0, 0.1) is 11.7 Å². The van der Waals surface area contributed by atoms with E-state index in [2.05, 4.69) is 32.0 Å². The van der Waals surface area contributed by atoms with Crippen molar-refractivity contribution in [3.63, 3.8) is 0 Å². The molecule has 4 nitrogen and oxygen atoms in total. The van der Waals surface area contributed by atoms with Gasteiger partial charge in [-0.15, -0.1) is 11.3 Å². The number of likely N-dealkylation sites (N-methyl/N-ethyl adjacent to an activating group) is 1. The van der Waals surface area contributed by atoms with Gasteiger partial charge < -0.3 is 5.32 Å². The Morgan fingerprint density at radius 1 is 1.40 bits per heavy atom. The summed E-state index contributed by atoms with van der Waals surface area (Å²) in [5.41, 5.74) is 0.482. The van der Waals surface area contributed by atoms with Gasteiger partial charge in [-0.05, 0) is 53.3 Å². The molecule has 0 radical (unpaired) electrons. The molecule has 9 heteroatoms. The van der Waals surface area contributed by atoms with E-state index in [4.69, 9.17) is 11.6 Å². The summed E-state index contributed by atoms with van der Waals surface area (Å²) in [6.07, 6.45) is 0. The van der Waals surface area contributed by atoms with Gasteiger partial charge in [-0.2, -0.15) is 0 Å². The topological polar surface area (TPSA) is 44.4 Å². The summed E-state index contributed by atoms with van der Waals surface area (Å²) in [4.78, 5) is 14.0. The van der Waals surface area contributed by atoms with E-state index in [1.54, 1.807) is 11.3 Å². The lowest BCUT2D eigenvalue weighted by Gasteiger charge is -2.40. The van der Waals surface area contributed by atoms with Crippen molar-refractivity contribution in [3.8, 4) is 0 Å². The van der Waals surface area contributed by atoms with Crippen molar-refractivity contribution < 1.29 is 9.18 Å². The summed E-state index contributed by atoms with van der Waals surface area (Å²) in [6.45, 7) is 2.05. The highest BCUT2D eigenvalue weighted by atomic mass is 79.9. The summed E-state index contributed by atoms with van der Waals surface area (Å²) in [5.74, 6) is -0.620. The van der Waals surface area contributed by atoms with Gasteiger partial charge in [0.25, 0.3) is 0 Å².